The Hall–Kier alpha value is -1.72. The summed E-state index contributed by atoms with van der Waals surface area (Å²) < 4.78 is 2.07. The van der Waals surface area contributed by atoms with Crippen LogP contribution in [0, 0.1) is 0 Å². The number of fused-ring (bicyclic) bond motifs is 3. The molecule has 4 heterocycles. The predicted octanol–water partition coefficient (Wildman–Crippen LogP) is 2.13. The Kier molecular flexibility index (Phi) is 2.21. The molecule has 3 aromatic heterocycles. The van der Waals surface area contributed by atoms with Gasteiger partial charge in [-0.1, -0.05) is 0 Å². The quantitative estimate of drug-likeness (QED) is 0.725. The highest BCUT2D eigenvalue weighted by Gasteiger charge is 2.19. The zero-order valence-corrected chi connectivity index (χ0v) is 10.6. The van der Waals surface area contributed by atoms with Gasteiger partial charge in [0.2, 0.25) is 0 Å². The molecule has 0 aromatic carbocycles. The summed E-state index contributed by atoms with van der Waals surface area (Å²) in [5.41, 5.74) is 1.43. The average molecular weight is 256 g/mol. The first-order valence-corrected chi connectivity index (χ1v) is 6.84. The molecule has 0 atom stereocenters. The van der Waals surface area contributed by atoms with Crippen molar-refractivity contribution in [3.8, 4) is 5.82 Å². The van der Waals surface area contributed by atoms with E-state index >= 15 is 0 Å². The lowest BCUT2D eigenvalue weighted by Gasteiger charge is -2.13. The molecule has 1 N–H and O–H groups in total. The molecule has 4 nitrogen and oxygen atoms in total. The van der Waals surface area contributed by atoms with E-state index in [1.165, 1.54) is 15.8 Å². The van der Waals surface area contributed by atoms with E-state index in [4.69, 9.17) is 0 Å². The van der Waals surface area contributed by atoms with E-state index in [9.17, 15) is 0 Å². The fraction of sp³-hybridized carbons (Fsp3) is 0.231. The highest BCUT2D eigenvalue weighted by molar-refractivity contribution is 7.18. The minimum Gasteiger partial charge on any atom is -0.312 e. The fourth-order valence-corrected chi connectivity index (χ4v) is 3.67. The van der Waals surface area contributed by atoms with Crippen LogP contribution in [0.25, 0.3) is 16.0 Å². The number of thiophene rings is 1. The maximum absolute atomic E-state index is 4.47. The van der Waals surface area contributed by atoms with Crippen molar-refractivity contribution in [2.45, 2.75) is 13.0 Å². The van der Waals surface area contributed by atoms with Crippen LogP contribution >= 0.6 is 11.3 Å². The van der Waals surface area contributed by atoms with Crippen LogP contribution in [0.2, 0.25) is 0 Å². The Morgan fingerprint density at radius 2 is 2.11 bits per heavy atom. The van der Waals surface area contributed by atoms with Crippen LogP contribution in [0.1, 0.15) is 10.4 Å². The Morgan fingerprint density at radius 1 is 1.22 bits per heavy atom. The van der Waals surface area contributed by atoms with Crippen molar-refractivity contribution in [1.82, 2.24) is 19.9 Å². The smallest absolute Gasteiger partial charge is 0.149 e. The lowest BCUT2D eigenvalue weighted by molar-refractivity contribution is 0.657. The van der Waals surface area contributed by atoms with Crippen molar-refractivity contribution in [3.63, 3.8) is 0 Å². The van der Waals surface area contributed by atoms with E-state index in [0.717, 1.165) is 30.2 Å². The van der Waals surface area contributed by atoms with Gasteiger partial charge in [0.25, 0.3) is 0 Å². The number of aromatic nitrogens is 3. The van der Waals surface area contributed by atoms with E-state index in [1.807, 2.05) is 24.5 Å². The normalized spacial score (nSPS) is 14.9. The molecular weight excluding hydrogens is 244 g/mol. The van der Waals surface area contributed by atoms with E-state index in [-0.39, 0.29) is 0 Å². The topological polar surface area (TPSA) is 42.7 Å². The van der Waals surface area contributed by atoms with Crippen molar-refractivity contribution >= 4 is 21.6 Å². The van der Waals surface area contributed by atoms with Crippen LogP contribution in [-0.2, 0) is 13.0 Å². The van der Waals surface area contributed by atoms with Gasteiger partial charge in [0, 0.05) is 23.8 Å². The highest BCUT2D eigenvalue weighted by atomic mass is 32.1. The summed E-state index contributed by atoms with van der Waals surface area (Å²) in [5.74, 6) is 1.00. The van der Waals surface area contributed by atoms with E-state index in [0.29, 0.717) is 0 Å². The van der Waals surface area contributed by atoms with Crippen LogP contribution in [0.4, 0.5) is 0 Å². The van der Waals surface area contributed by atoms with Gasteiger partial charge < -0.3 is 9.88 Å². The van der Waals surface area contributed by atoms with E-state index in [2.05, 4.69) is 19.9 Å². The number of hydrogen-bond acceptors (Lipinski definition) is 4. The second-order valence-corrected chi connectivity index (χ2v) is 5.48. The number of hydrogen-bond donors (Lipinski definition) is 1. The Morgan fingerprint density at radius 3 is 3.00 bits per heavy atom. The van der Waals surface area contributed by atoms with Crippen molar-refractivity contribution in [3.05, 3.63) is 41.3 Å². The molecule has 0 fully saturated rings. The number of rotatable bonds is 1. The van der Waals surface area contributed by atoms with E-state index < -0.39 is 0 Å². The molecule has 0 radical (unpaired) electrons. The standard InChI is InChI=1S/C13H12N4S/c1-2-6-17(5-1)12-11-9-3-4-14-7-10(9)18-13(11)16-8-15-12/h1-2,5-6,8,14H,3-4,7H2. The van der Waals surface area contributed by atoms with Gasteiger partial charge in [-0.25, -0.2) is 9.97 Å². The molecule has 3 aromatic rings. The Balaban J connectivity index is 2.06. The molecule has 4 rings (SSSR count). The van der Waals surface area contributed by atoms with Crippen LogP contribution in [0.3, 0.4) is 0 Å². The Bertz CT molecular complexity index is 699. The monoisotopic (exact) mass is 256 g/mol. The molecule has 18 heavy (non-hydrogen) atoms. The van der Waals surface area contributed by atoms with Crippen molar-refractivity contribution in [2.75, 3.05) is 6.54 Å². The second kappa shape index (κ2) is 3.90. The second-order valence-electron chi connectivity index (χ2n) is 4.40. The maximum atomic E-state index is 4.47. The average Bonchev–Trinajstić information content (AvgIpc) is 3.05. The first-order valence-electron chi connectivity index (χ1n) is 6.03. The molecule has 1 aliphatic rings. The van der Waals surface area contributed by atoms with E-state index in [1.54, 1.807) is 17.7 Å². The third kappa shape index (κ3) is 1.41. The molecule has 0 saturated carbocycles. The molecule has 0 saturated heterocycles. The summed E-state index contributed by atoms with van der Waals surface area (Å²) in [6, 6.07) is 4.04. The lowest BCUT2D eigenvalue weighted by atomic mass is 10.1. The Labute approximate surface area is 108 Å². The van der Waals surface area contributed by atoms with Gasteiger partial charge >= 0.3 is 0 Å². The summed E-state index contributed by atoms with van der Waals surface area (Å²) in [5, 5.41) is 4.64. The third-order valence-corrected chi connectivity index (χ3v) is 4.48. The van der Waals surface area contributed by atoms with Gasteiger partial charge in [-0.15, -0.1) is 11.3 Å². The van der Waals surface area contributed by atoms with Crippen molar-refractivity contribution in [1.29, 1.82) is 0 Å². The molecule has 0 bridgehead atoms. The SMILES string of the molecule is c1ccn(-c2ncnc3sc4c(c23)CCNC4)c1. The summed E-state index contributed by atoms with van der Waals surface area (Å²) in [6.45, 7) is 2.00. The summed E-state index contributed by atoms with van der Waals surface area (Å²) in [7, 11) is 0. The van der Waals surface area contributed by atoms with Crippen LogP contribution in [0.5, 0.6) is 0 Å². The number of nitrogens with zero attached hydrogens (tertiary/aromatic N) is 3. The zero-order valence-electron chi connectivity index (χ0n) is 9.76. The molecule has 0 aliphatic carbocycles. The van der Waals surface area contributed by atoms with Gasteiger partial charge in [0.1, 0.15) is 17.0 Å². The third-order valence-electron chi connectivity index (χ3n) is 3.34. The molecule has 0 unspecified atom stereocenters. The zero-order chi connectivity index (χ0) is 11.9. The van der Waals surface area contributed by atoms with Gasteiger partial charge in [0.15, 0.2) is 0 Å². The summed E-state index contributed by atoms with van der Waals surface area (Å²) >= 11 is 1.78. The lowest BCUT2D eigenvalue weighted by Crippen LogP contribution is -2.22. The molecule has 90 valence electrons. The van der Waals surface area contributed by atoms with Crippen molar-refractivity contribution in [2.24, 2.45) is 0 Å². The minimum absolute atomic E-state index is 0.960. The summed E-state index contributed by atoms with van der Waals surface area (Å²) in [6.07, 6.45) is 6.80. The van der Waals surface area contributed by atoms with Gasteiger partial charge in [-0.05, 0) is 30.7 Å². The largest absolute Gasteiger partial charge is 0.312 e. The predicted molar refractivity (Wildman–Crippen MR) is 72.2 cm³/mol. The van der Waals surface area contributed by atoms with Crippen molar-refractivity contribution < 1.29 is 0 Å². The molecule has 1 aliphatic heterocycles. The van der Waals surface area contributed by atoms with Gasteiger partial charge in [-0.3, -0.25) is 0 Å². The minimum atomic E-state index is 0.960. The van der Waals surface area contributed by atoms with Crippen LogP contribution in [0.15, 0.2) is 30.9 Å². The molecular formula is C13H12N4S. The summed E-state index contributed by atoms with van der Waals surface area (Å²) in [4.78, 5) is 11.4. The first-order chi connectivity index (χ1) is 8.93. The fourth-order valence-electron chi connectivity index (χ4n) is 2.51. The van der Waals surface area contributed by atoms with Crippen LogP contribution in [-0.4, -0.2) is 21.1 Å². The van der Waals surface area contributed by atoms with Gasteiger partial charge in [0.05, 0.1) is 5.39 Å². The molecule has 0 spiro atoms. The van der Waals surface area contributed by atoms with Gasteiger partial charge in [-0.2, -0.15) is 0 Å². The molecule has 0 amide bonds. The first kappa shape index (κ1) is 10.2. The number of nitrogens with one attached hydrogen (secondary N) is 1. The highest BCUT2D eigenvalue weighted by Crippen LogP contribution is 2.34. The molecule has 5 heteroatoms. The maximum Gasteiger partial charge on any atom is 0.149 e. The van der Waals surface area contributed by atoms with Crippen LogP contribution < -0.4 is 5.32 Å².